The van der Waals surface area contributed by atoms with Crippen molar-refractivity contribution in [3.8, 4) is 0 Å². The molecule has 1 saturated heterocycles. The van der Waals surface area contributed by atoms with E-state index in [0.29, 0.717) is 5.82 Å². The molecule has 7 heteroatoms. The summed E-state index contributed by atoms with van der Waals surface area (Å²) in [6, 6.07) is 0.243. The zero-order chi connectivity index (χ0) is 13.1. The summed E-state index contributed by atoms with van der Waals surface area (Å²) in [6.45, 7) is 5.18. The molecule has 1 aliphatic rings. The van der Waals surface area contributed by atoms with Crippen LogP contribution >= 0.6 is 0 Å². The number of nitro groups is 1. The first-order chi connectivity index (χ1) is 8.60. The van der Waals surface area contributed by atoms with Crippen LogP contribution in [0.4, 0.5) is 11.5 Å². The van der Waals surface area contributed by atoms with Gasteiger partial charge in [0.25, 0.3) is 0 Å². The highest BCUT2D eigenvalue weighted by molar-refractivity contribution is 5.55. The molecule has 0 spiro atoms. The van der Waals surface area contributed by atoms with E-state index in [1.165, 1.54) is 10.9 Å². The summed E-state index contributed by atoms with van der Waals surface area (Å²) in [5.41, 5.74) is 0.0473. The van der Waals surface area contributed by atoms with Crippen LogP contribution in [0.2, 0.25) is 0 Å². The minimum atomic E-state index is -0.393. The maximum Gasteiger partial charge on any atom is 0.330 e. The number of rotatable bonds is 4. The number of aromatic nitrogens is 2. The fourth-order valence-electron chi connectivity index (χ4n) is 2.37. The summed E-state index contributed by atoms with van der Waals surface area (Å²) in [6.07, 6.45) is 3.58. The Balaban J connectivity index is 2.06. The van der Waals surface area contributed by atoms with Gasteiger partial charge < -0.3 is 10.2 Å². The normalized spacial score (nSPS) is 20.9. The Kier molecular flexibility index (Phi) is 3.81. The fourth-order valence-corrected chi connectivity index (χ4v) is 2.37. The van der Waals surface area contributed by atoms with Crippen molar-refractivity contribution < 1.29 is 4.92 Å². The molecule has 0 aliphatic carbocycles. The third-order valence-corrected chi connectivity index (χ3v) is 3.30. The largest absolute Gasteiger partial charge is 0.359 e. The summed E-state index contributed by atoms with van der Waals surface area (Å²) in [5.74, 6) is 0.380. The lowest BCUT2D eigenvalue weighted by atomic mass is 10.1. The summed E-state index contributed by atoms with van der Waals surface area (Å²) in [5, 5.41) is 18.2. The summed E-state index contributed by atoms with van der Waals surface area (Å²) < 4.78 is 1.47. The smallest absolute Gasteiger partial charge is 0.330 e. The molecule has 0 aromatic carbocycles. The number of aryl methyl sites for hydroxylation is 1. The predicted molar refractivity (Wildman–Crippen MR) is 68.6 cm³/mol. The quantitative estimate of drug-likeness (QED) is 0.645. The van der Waals surface area contributed by atoms with Crippen molar-refractivity contribution in [3.63, 3.8) is 0 Å². The van der Waals surface area contributed by atoms with Gasteiger partial charge in [-0.3, -0.25) is 14.8 Å². The molecule has 0 amide bonds. The Hall–Kier alpha value is -1.63. The molecule has 0 bridgehead atoms. The summed E-state index contributed by atoms with van der Waals surface area (Å²) >= 11 is 0. The Bertz CT molecular complexity index is 431. The molecule has 1 unspecified atom stereocenters. The number of hydrogen-bond acceptors (Lipinski definition) is 5. The molecule has 1 N–H and O–H groups in total. The van der Waals surface area contributed by atoms with E-state index in [9.17, 15) is 10.1 Å². The van der Waals surface area contributed by atoms with E-state index in [1.807, 2.05) is 0 Å². The molecule has 7 nitrogen and oxygen atoms in total. The van der Waals surface area contributed by atoms with Gasteiger partial charge in [0.15, 0.2) is 0 Å². The molecule has 18 heavy (non-hydrogen) atoms. The maximum absolute atomic E-state index is 10.9. The lowest BCUT2D eigenvalue weighted by Gasteiger charge is -2.32. The van der Waals surface area contributed by atoms with E-state index in [4.69, 9.17) is 0 Å². The number of likely N-dealkylation sites (N-methyl/N-ethyl adjacent to an activating group) is 1. The van der Waals surface area contributed by atoms with Gasteiger partial charge in [-0.25, -0.2) is 0 Å². The van der Waals surface area contributed by atoms with Crippen LogP contribution in [0.5, 0.6) is 0 Å². The van der Waals surface area contributed by atoms with Crippen molar-refractivity contribution >= 4 is 11.5 Å². The molecular formula is C11H19N5O2. The number of nitrogens with zero attached hydrogens (tertiary/aromatic N) is 4. The molecule has 1 aromatic rings. The van der Waals surface area contributed by atoms with Crippen molar-refractivity contribution in [2.75, 3.05) is 25.0 Å². The van der Waals surface area contributed by atoms with Crippen molar-refractivity contribution in [1.29, 1.82) is 0 Å². The number of nitrogens with one attached hydrogen (secondary N) is 1. The number of likely N-dealkylation sites (tertiary alicyclic amines) is 1. The SMILES string of the molecule is CCN1CCCC(Nc2nn(C)cc2[N+](=O)[O-])C1. The van der Waals surface area contributed by atoms with E-state index in [-0.39, 0.29) is 11.7 Å². The van der Waals surface area contributed by atoms with Crippen molar-refractivity contribution in [3.05, 3.63) is 16.3 Å². The minimum absolute atomic E-state index is 0.0473. The van der Waals surface area contributed by atoms with E-state index >= 15 is 0 Å². The van der Waals surface area contributed by atoms with Crippen LogP contribution in [0.1, 0.15) is 19.8 Å². The molecule has 100 valence electrons. The van der Waals surface area contributed by atoms with Crippen LogP contribution in [0, 0.1) is 10.1 Å². The zero-order valence-electron chi connectivity index (χ0n) is 10.8. The standard InChI is InChI=1S/C11H19N5O2/c1-3-15-6-4-5-9(7-15)12-11-10(16(17)18)8-14(2)13-11/h8-9H,3-7H2,1-2H3,(H,12,13). The summed E-state index contributed by atoms with van der Waals surface area (Å²) in [4.78, 5) is 12.8. The highest BCUT2D eigenvalue weighted by atomic mass is 16.6. The molecule has 1 fully saturated rings. The van der Waals surface area contributed by atoms with Crippen LogP contribution < -0.4 is 5.32 Å². The third-order valence-electron chi connectivity index (χ3n) is 3.30. The van der Waals surface area contributed by atoms with E-state index in [2.05, 4.69) is 22.2 Å². The molecule has 2 heterocycles. The van der Waals surface area contributed by atoms with Crippen molar-refractivity contribution in [2.45, 2.75) is 25.8 Å². The van der Waals surface area contributed by atoms with Crippen LogP contribution in [-0.2, 0) is 7.05 Å². The summed E-state index contributed by atoms with van der Waals surface area (Å²) in [7, 11) is 1.69. The highest BCUT2D eigenvalue weighted by Crippen LogP contribution is 2.24. The average Bonchev–Trinajstić information content (AvgIpc) is 2.70. The highest BCUT2D eigenvalue weighted by Gasteiger charge is 2.24. The fraction of sp³-hybridized carbons (Fsp3) is 0.727. The van der Waals surface area contributed by atoms with Gasteiger partial charge in [0, 0.05) is 19.6 Å². The van der Waals surface area contributed by atoms with Crippen molar-refractivity contribution in [2.24, 2.45) is 7.05 Å². The van der Waals surface area contributed by atoms with E-state index in [0.717, 1.165) is 32.5 Å². The van der Waals surface area contributed by atoms with Crippen LogP contribution in [0.25, 0.3) is 0 Å². The van der Waals surface area contributed by atoms with Gasteiger partial charge in [-0.05, 0) is 25.9 Å². The minimum Gasteiger partial charge on any atom is -0.359 e. The van der Waals surface area contributed by atoms with Crippen LogP contribution in [0.3, 0.4) is 0 Å². The topological polar surface area (TPSA) is 76.2 Å². The third kappa shape index (κ3) is 2.79. The lowest BCUT2D eigenvalue weighted by Crippen LogP contribution is -2.42. The van der Waals surface area contributed by atoms with Gasteiger partial charge in [-0.15, -0.1) is 5.10 Å². The first-order valence-corrected chi connectivity index (χ1v) is 6.27. The first-order valence-electron chi connectivity index (χ1n) is 6.27. The van der Waals surface area contributed by atoms with Gasteiger partial charge in [0.1, 0.15) is 6.20 Å². The molecule has 1 aliphatic heterocycles. The van der Waals surface area contributed by atoms with Gasteiger partial charge in [-0.2, -0.15) is 0 Å². The Morgan fingerprint density at radius 2 is 2.44 bits per heavy atom. The lowest BCUT2D eigenvalue weighted by molar-refractivity contribution is -0.384. The second-order valence-corrected chi connectivity index (χ2v) is 4.67. The number of piperidine rings is 1. The van der Waals surface area contributed by atoms with Gasteiger partial charge in [-0.1, -0.05) is 6.92 Å². The average molecular weight is 253 g/mol. The van der Waals surface area contributed by atoms with E-state index in [1.54, 1.807) is 7.05 Å². The molecule has 1 aromatic heterocycles. The van der Waals surface area contributed by atoms with Crippen molar-refractivity contribution in [1.82, 2.24) is 14.7 Å². The van der Waals surface area contributed by atoms with Gasteiger partial charge in [0.05, 0.1) is 4.92 Å². The number of hydrogen-bond donors (Lipinski definition) is 1. The van der Waals surface area contributed by atoms with Gasteiger partial charge >= 0.3 is 5.69 Å². The van der Waals surface area contributed by atoms with Crippen LogP contribution in [-0.4, -0.2) is 45.3 Å². The maximum atomic E-state index is 10.9. The Morgan fingerprint density at radius 1 is 1.67 bits per heavy atom. The first kappa shape index (κ1) is 12.8. The second-order valence-electron chi connectivity index (χ2n) is 4.67. The molecule has 2 rings (SSSR count). The molecular weight excluding hydrogens is 234 g/mol. The Labute approximate surface area is 106 Å². The number of anilines is 1. The van der Waals surface area contributed by atoms with Crippen LogP contribution in [0.15, 0.2) is 6.20 Å². The monoisotopic (exact) mass is 253 g/mol. The zero-order valence-corrected chi connectivity index (χ0v) is 10.8. The molecule has 0 saturated carbocycles. The Morgan fingerprint density at radius 3 is 3.11 bits per heavy atom. The second kappa shape index (κ2) is 5.34. The molecule has 0 radical (unpaired) electrons. The van der Waals surface area contributed by atoms with E-state index < -0.39 is 4.92 Å². The molecule has 1 atom stereocenters. The predicted octanol–water partition coefficient (Wildman–Crippen LogP) is 1.22. The van der Waals surface area contributed by atoms with Gasteiger partial charge in [0.2, 0.25) is 5.82 Å².